The Bertz CT molecular complexity index is 3560. The van der Waals surface area contributed by atoms with Crippen LogP contribution in [0.2, 0.25) is 0 Å². The highest BCUT2D eigenvalue weighted by atomic mass is 15.2. The van der Waals surface area contributed by atoms with Crippen molar-refractivity contribution in [3.63, 3.8) is 0 Å². The molecule has 12 rings (SSSR count). The largest absolute Gasteiger partial charge is 0.310 e. The van der Waals surface area contributed by atoms with E-state index in [-0.39, 0.29) is 5.41 Å². The summed E-state index contributed by atoms with van der Waals surface area (Å²) in [6.07, 6.45) is 0. The van der Waals surface area contributed by atoms with Crippen molar-refractivity contribution in [2.75, 3.05) is 14.7 Å². The maximum atomic E-state index is 2.47. The highest BCUT2D eigenvalue weighted by molar-refractivity contribution is 6.11. The fourth-order valence-corrected chi connectivity index (χ4v) is 10.5. The van der Waals surface area contributed by atoms with Crippen molar-refractivity contribution in [3.05, 3.63) is 272 Å². The van der Waals surface area contributed by atoms with E-state index < -0.39 is 0 Å². The Morgan fingerprint density at radius 3 is 1.29 bits per heavy atom. The van der Waals surface area contributed by atoms with Crippen LogP contribution in [-0.4, -0.2) is 0 Å². The molecule has 1 aliphatic carbocycles. The molecule has 0 radical (unpaired) electrons. The van der Waals surface area contributed by atoms with Crippen LogP contribution >= 0.6 is 0 Å². The average molecular weight is 872 g/mol. The number of nitrogens with zero attached hydrogens (tertiary/aromatic N) is 3. The van der Waals surface area contributed by atoms with E-state index in [1.807, 2.05) is 0 Å². The van der Waals surface area contributed by atoms with Crippen LogP contribution in [0.4, 0.5) is 51.2 Å². The minimum absolute atomic E-state index is 0.105. The summed E-state index contributed by atoms with van der Waals surface area (Å²) in [6, 6.07) is 94.8. The van der Waals surface area contributed by atoms with E-state index in [1.54, 1.807) is 0 Å². The van der Waals surface area contributed by atoms with Crippen LogP contribution in [0.15, 0.2) is 261 Å². The molecule has 0 bridgehead atoms. The summed E-state index contributed by atoms with van der Waals surface area (Å²) in [5.74, 6) is 0. The molecule has 1 aliphatic rings. The molecule has 324 valence electrons. The molecular weight excluding hydrogens is 823 g/mol. The quantitative estimate of drug-likeness (QED) is 0.127. The zero-order chi connectivity index (χ0) is 45.6. The minimum atomic E-state index is -0.105. The third kappa shape index (κ3) is 7.17. The van der Waals surface area contributed by atoms with Gasteiger partial charge in [0.05, 0.1) is 5.69 Å². The fourth-order valence-electron chi connectivity index (χ4n) is 10.5. The first-order chi connectivity index (χ1) is 33.5. The topological polar surface area (TPSA) is 9.72 Å². The Labute approximate surface area is 399 Å². The molecule has 11 aromatic rings. The van der Waals surface area contributed by atoms with Gasteiger partial charge in [0.15, 0.2) is 0 Å². The minimum Gasteiger partial charge on any atom is -0.310 e. The molecular formula is C65H49N3. The Hall–Kier alpha value is -8.66. The van der Waals surface area contributed by atoms with Gasteiger partial charge in [-0.1, -0.05) is 172 Å². The Morgan fingerprint density at radius 2 is 0.691 bits per heavy atom. The fraction of sp³-hybridized carbons (Fsp3) is 0.0462. The number of rotatable bonds is 10. The summed E-state index contributed by atoms with van der Waals surface area (Å²) in [7, 11) is 0. The smallest absolute Gasteiger partial charge is 0.0540 e. The second kappa shape index (κ2) is 17.0. The van der Waals surface area contributed by atoms with Crippen LogP contribution in [0.25, 0.3) is 43.8 Å². The molecule has 3 nitrogen and oxygen atoms in total. The van der Waals surface area contributed by atoms with Crippen LogP contribution in [0.3, 0.4) is 0 Å². The number of hydrogen-bond acceptors (Lipinski definition) is 3. The summed E-state index contributed by atoms with van der Waals surface area (Å²) in [5, 5.41) is 4.97. The highest BCUT2D eigenvalue weighted by Gasteiger charge is 2.35. The van der Waals surface area contributed by atoms with Crippen molar-refractivity contribution in [1.82, 2.24) is 0 Å². The van der Waals surface area contributed by atoms with Gasteiger partial charge in [0, 0.05) is 56.5 Å². The van der Waals surface area contributed by atoms with E-state index >= 15 is 0 Å². The van der Waals surface area contributed by atoms with E-state index in [2.05, 4.69) is 289 Å². The lowest BCUT2D eigenvalue weighted by atomic mass is 9.81. The second-order valence-corrected chi connectivity index (χ2v) is 18.2. The first kappa shape index (κ1) is 40.8. The van der Waals surface area contributed by atoms with Crippen LogP contribution in [0.5, 0.6) is 0 Å². The van der Waals surface area contributed by atoms with Crippen LogP contribution < -0.4 is 14.7 Å². The molecule has 0 heterocycles. The van der Waals surface area contributed by atoms with Gasteiger partial charge >= 0.3 is 0 Å². The van der Waals surface area contributed by atoms with Crippen molar-refractivity contribution < 1.29 is 0 Å². The molecule has 0 aliphatic heterocycles. The van der Waals surface area contributed by atoms with Crippen molar-refractivity contribution >= 4 is 72.7 Å². The van der Waals surface area contributed by atoms with Gasteiger partial charge in [-0.2, -0.15) is 0 Å². The lowest BCUT2D eigenvalue weighted by Gasteiger charge is -2.31. The van der Waals surface area contributed by atoms with E-state index in [1.165, 1.54) is 43.8 Å². The number of fused-ring (bicyclic) bond motifs is 6. The van der Waals surface area contributed by atoms with E-state index in [9.17, 15) is 0 Å². The van der Waals surface area contributed by atoms with Gasteiger partial charge in [0.2, 0.25) is 0 Å². The molecule has 0 aromatic heterocycles. The highest BCUT2D eigenvalue weighted by Crippen LogP contribution is 2.51. The Balaban J connectivity index is 1.04. The number of benzene rings is 11. The predicted octanol–water partition coefficient (Wildman–Crippen LogP) is 18.4. The summed E-state index contributed by atoms with van der Waals surface area (Å²) in [5.41, 5.74) is 17.3. The van der Waals surface area contributed by atoms with E-state index in [4.69, 9.17) is 0 Å². The van der Waals surface area contributed by atoms with Gasteiger partial charge in [-0.25, -0.2) is 0 Å². The zero-order valence-corrected chi connectivity index (χ0v) is 38.2. The number of hydrogen-bond donors (Lipinski definition) is 0. The van der Waals surface area contributed by atoms with Gasteiger partial charge in [0.25, 0.3) is 0 Å². The third-order valence-electron chi connectivity index (χ3n) is 13.7. The van der Waals surface area contributed by atoms with E-state index in [0.717, 1.165) is 62.3 Å². The normalized spacial score (nSPS) is 12.4. The second-order valence-electron chi connectivity index (χ2n) is 18.2. The average Bonchev–Trinajstić information content (AvgIpc) is 3.62. The zero-order valence-electron chi connectivity index (χ0n) is 38.2. The summed E-state index contributed by atoms with van der Waals surface area (Å²) in [6.45, 7) is 4.74. The molecule has 0 spiro atoms. The molecule has 68 heavy (non-hydrogen) atoms. The third-order valence-corrected chi connectivity index (χ3v) is 13.7. The van der Waals surface area contributed by atoms with Crippen molar-refractivity contribution in [3.8, 4) is 22.3 Å². The van der Waals surface area contributed by atoms with Gasteiger partial charge < -0.3 is 14.7 Å². The van der Waals surface area contributed by atoms with Crippen molar-refractivity contribution in [1.29, 1.82) is 0 Å². The van der Waals surface area contributed by atoms with Crippen LogP contribution in [0.1, 0.15) is 25.0 Å². The molecule has 0 saturated heterocycles. The molecule has 3 heteroatoms. The standard InChI is InChI=1S/C65H49N3/c1-65(2)62-35-17-15-34-58(62)61-41-48-38-37-47-39-40-56(44-59(47)60(48)45-63(61)65)68(64-36-18-16-33-57(64)46-21-7-3-8-22-46)55-32-20-31-54(43-55)67(51-27-13-6-14-28-51)53-30-19-29-52(42-53)66(49-23-9-4-10-24-49)50-25-11-5-12-26-50/h3-45H,1-2H3. The van der Waals surface area contributed by atoms with Gasteiger partial charge in [-0.05, 0) is 152 Å². The Morgan fingerprint density at radius 1 is 0.265 bits per heavy atom. The molecule has 0 N–H and O–H groups in total. The molecule has 11 aromatic carbocycles. The lowest BCUT2D eigenvalue weighted by Crippen LogP contribution is -2.15. The summed E-state index contributed by atoms with van der Waals surface area (Å²) >= 11 is 0. The number of para-hydroxylation sites is 4. The van der Waals surface area contributed by atoms with Crippen LogP contribution in [0, 0.1) is 0 Å². The maximum Gasteiger partial charge on any atom is 0.0540 e. The summed E-state index contributed by atoms with van der Waals surface area (Å²) < 4.78 is 0. The molecule has 0 atom stereocenters. The maximum absolute atomic E-state index is 2.47. The molecule has 0 fully saturated rings. The molecule has 0 amide bonds. The first-order valence-corrected chi connectivity index (χ1v) is 23.5. The first-order valence-electron chi connectivity index (χ1n) is 23.5. The molecule has 0 unspecified atom stereocenters. The van der Waals surface area contributed by atoms with Crippen molar-refractivity contribution in [2.45, 2.75) is 19.3 Å². The lowest BCUT2D eigenvalue weighted by molar-refractivity contribution is 0.661. The SMILES string of the molecule is CC1(C)c2ccccc2-c2cc3ccc4ccc(N(c5cccc(N(c6ccccc6)c6cccc(N(c7ccccc7)c7ccccc7)c6)c5)c5ccccc5-c5ccccc5)cc4c3cc21. The Kier molecular flexibility index (Phi) is 10.2. The van der Waals surface area contributed by atoms with Crippen LogP contribution in [-0.2, 0) is 5.41 Å². The van der Waals surface area contributed by atoms with Gasteiger partial charge in [-0.3, -0.25) is 0 Å². The van der Waals surface area contributed by atoms with Gasteiger partial charge in [-0.15, -0.1) is 0 Å². The van der Waals surface area contributed by atoms with E-state index in [0.29, 0.717) is 0 Å². The van der Waals surface area contributed by atoms with Gasteiger partial charge in [0.1, 0.15) is 0 Å². The predicted molar refractivity (Wildman–Crippen MR) is 289 cm³/mol. The monoisotopic (exact) mass is 871 g/mol. The van der Waals surface area contributed by atoms with Crippen molar-refractivity contribution in [2.24, 2.45) is 0 Å². The summed E-state index contributed by atoms with van der Waals surface area (Å²) in [4.78, 5) is 7.14. The number of anilines is 9. The molecule has 0 saturated carbocycles.